The van der Waals surface area contributed by atoms with Crippen LogP contribution in [0.4, 0.5) is 0 Å². The van der Waals surface area contributed by atoms with Crippen molar-refractivity contribution in [2.45, 2.75) is 12.5 Å². The fourth-order valence-electron chi connectivity index (χ4n) is 1.99. The van der Waals surface area contributed by atoms with Crippen LogP contribution in [-0.2, 0) is 4.74 Å². The lowest BCUT2D eigenvalue weighted by Crippen LogP contribution is -2.43. The number of nitrogens with one attached hydrogen (secondary N) is 2. The van der Waals surface area contributed by atoms with Crippen molar-refractivity contribution in [1.82, 2.24) is 15.6 Å². The van der Waals surface area contributed by atoms with E-state index in [0.717, 1.165) is 44.1 Å². The lowest BCUT2D eigenvalue weighted by molar-refractivity contribution is 0.195. The molecule has 98 valence electrons. The standard InChI is InChI=1S/C13H20N4O/c1-18-9-3-6-16-13-12(15-7-8-17-13)11-4-2-5-14-10-11/h2,4-5,10,12,15H,3,6-9H2,1H3,(H,16,17). The van der Waals surface area contributed by atoms with Crippen molar-refractivity contribution in [1.29, 1.82) is 0 Å². The first-order chi connectivity index (χ1) is 8.92. The Kier molecular flexibility index (Phi) is 5.11. The molecule has 0 spiro atoms. The zero-order chi connectivity index (χ0) is 12.6. The molecule has 1 aliphatic rings. The molecule has 0 fully saturated rings. The number of pyridine rings is 1. The Morgan fingerprint density at radius 1 is 1.56 bits per heavy atom. The fraction of sp³-hybridized carbons (Fsp3) is 0.538. The SMILES string of the molecule is COCCCNC1=NCCNC1c1cccnc1. The Balaban J connectivity index is 1.96. The van der Waals surface area contributed by atoms with Crippen LogP contribution in [0, 0.1) is 0 Å². The number of nitrogens with zero attached hydrogens (tertiary/aromatic N) is 2. The van der Waals surface area contributed by atoms with E-state index in [0.29, 0.717) is 0 Å². The van der Waals surface area contributed by atoms with E-state index in [1.165, 1.54) is 0 Å². The molecule has 0 saturated carbocycles. The third kappa shape index (κ3) is 3.51. The molecule has 0 aliphatic carbocycles. The van der Waals surface area contributed by atoms with E-state index in [1.54, 1.807) is 13.3 Å². The minimum absolute atomic E-state index is 0.134. The second-order valence-corrected chi connectivity index (χ2v) is 4.21. The second-order valence-electron chi connectivity index (χ2n) is 4.21. The lowest BCUT2D eigenvalue weighted by Gasteiger charge is -2.25. The molecule has 0 radical (unpaired) electrons. The molecule has 1 aromatic heterocycles. The smallest absolute Gasteiger partial charge is 0.118 e. The van der Waals surface area contributed by atoms with Gasteiger partial charge in [-0.05, 0) is 18.1 Å². The van der Waals surface area contributed by atoms with Gasteiger partial charge in [0.2, 0.25) is 0 Å². The first-order valence-corrected chi connectivity index (χ1v) is 6.32. The Bertz CT molecular complexity index is 380. The molecule has 0 aromatic carbocycles. The average molecular weight is 248 g/mol. The summed E-state index contributed by atoms with van der Waals surface area (Å²) in [5, 5.41) is 6.85. The number of ether oxygens (including phenoxy) is 1. The first-order valence-electron chi connectivity index (χ1n) is 6.32. The van der Waals surface area contributed by atoms with Crippen LogP contribution in [0.5, 0.6) is 0 Å². The van der Waals surface area contributed by atoms with E-state index in [4.69, 9.17) is 4.74 Å². The number of hydrogen-bond donors (Lipinski definition) is 2. The predicted octanol–water partition coefficient (Wildman–Crippen LogP) is 0.750. The second kappa shape index (κ2) is 7.08. The normalized spacial score (nSPS) is 19.4. The summed E-state index contributed by atoms with van der Waals surface area (Å²) >= 11 is 0. The molecule has 1 unspecified atom stereocenters. The molecule has 18 heavy (non-hydrogen) atoms. The highest BCUT2D eigenvalue weighted by molar-refractivity contribution is 5.89. The Hall–Kier alpha value is -1.46. The molecule has 1 atom stereocenters. The highest BCUT2D eigenvalue weighted by atomic mass is 16.5. The summed E-state index contributed by atoms with van der Waals surface area (Å²) in [6, 6.07) is 4.16. The number of amidine groups is 1. The van der Waals surface area contributed by atoms with Crippen LogP contribution in [0.15, 0.2) is 29.5 Å². The van der Waals surface area contributed by atoms with Crippen molar-refractivity contribution in [3.63, 3.8) is 0 Å². The quantitative estimate of drug-likeness (QED) is 0.755. The van der Waals surface area contributed by atoms with E-state index in [2.05, 4.69) is 26.7 Å². The molecule has 2 rings (SSSR count). The van der Waals surface area contributed by atoms with Crippen LogP contribution in [0.2, 0.25) is 0 Å². The molecule has 1 aliphatic heterocycles. The Labute approximate surface area is 108 Å². The lowest BCUT2D eigenvalue weighted by atomic mass is 10.1. The van der Waals surface area contributed by atoms with Gasteiger partial charge in [-0.25, -0.2) is 0 Å². The monoisotopic (exact) mass is 248 g/mol. The van der Waals surface area contributed by atoms with Gasteiger partial charge in [0.15, 0.2) is 0 Å². The van der Waals surface area contributed by atoms with E-state index in [-0.39, 0.29) is 6.04 Å². The summed E-state index contributed by atoms with van der Waals surface area (Å²) in [6.45, 7) is 3.38. The molecule has 0 saturated heterocycles. The van der Waals surface area contributed by atoms with Crippen molar-refractivity contribution < 1.29 is 4.74 Å². The summed E-state index contributed by atoms with van der Waals surface area (Å²) in [5.74, 6) is 1.00. The topological polar surface area (TPSA) is 58.5 Å². The third-order valence-corrected chi connectivity index (χ3v) is 2.86. The van der Waals surface area contributed by atoms with Crippen molar-refractivity contribution >= 4 is 5.84 Å². The average Bonchev–Trinajstić information content (AvgIpc) is 2.45. The maximum atomic E-state index is 5.04. The molecular formula is C13H20N4O. The van der Waals surface area contributed by atoms with Crippen molar-refractivity contribution in [2.24, 2.45) is 4.99 Å². The van der Waals surface area contributed by atoms with Crippen LogP contribution in [-0.4, -0.2) is 44.2 Å². The molecule has 1 aromatic rings. The van der Waals surface area contributed by atoms with Crippen LogP contribution < -0.4 is 10.6 Å². The summed E-state index contributed by atoms with van der Waals surface area (Å²) in [6.07, 6.45) is 4.65. The van der Waals surface area contributed by atoms with Crippen molar-refractivity contribution in [3.8, 4) is 0 Å². The summed E-state index contributed by atoms with van der Waals surface area (Å²) in [4.78, 5) is 8.72. The maximum Gasteiger partial charge on any atom is 0.118 e. The molecule has 2 heterocycles. The highest BCUT2D eigenvalue weighted by Crippen LogP contribution is 2.14. The molecule has 5 nitrogen and oxygen atoms in total. The minimum Gasteiger partial charge on any atom is -0.385 e. The maximum absolute atomic E-state index is 5.04. The van der Waals surface area contributed by atoms with Crippen LogP contribution in [0.3, 0.4) is 0 Å². The number of rotatable bonds is 5. The first kappa shape index (κ1) is 13.0. The van der Waals surface area contributed by atoms with Gasteiger partial charge >= 0.3 is 0 Å². The number of aliphatic imine (C=N–C) groups is 1. The Morgan fingerprint density at radius 3 is 3.28 bits per heavy atom. The zero-order valence-corrected chi connectivity index (χ0v) is 10.7. The predicted molar refractivity (Wildman–Crippen MR) is 71.8 cm³/mol. The van der Waals surface area contributed by atoms with Crippen molar-refractivity contribution in [3.05, 3.63) is 30.1 Å². The van der Waals surface area contributed by atoms with Gasteiger partial charge in [0, 0.05) is 39.2 Å². The summed E-state index contributed by atoms with van der Waals surface area (Å²) < 4.78 is 5.04. The molecule has 2 N–H and O–H groups in total. The van der Waals surface area contributed by atoms with Gasteiger partial charge in [0.1, 0.15) is 5.84 Å². The van der Waals surface area contributed by atoms with Gasteiger partial charge < -0.3 is 15.4 Å². The van der Waals surface area contributed by atoms with Crippen LogP contribution in [0.25, 0.3) is 0 Å². The van der Waals surface area contributed by atoms with Gasteiger partial charge in [0.25, 0.3) is 0 Å². The number of methoxy groups -OCH3 is 1. The van der Waals surface area contributed by atoms with Gasteiger partial charge in [-0.1, -0.05) is 6.07 Å². The van der Waals surface area contributed by atoms with Crippen molar-refractivity contribution in [2.75, 3.05) is 33.4 Å². The van der Waals surface area contributed by atoms with Gasteiger partial charge in [-0.15, -0.1) is 0 Å². The minimum atomic E-state index is 0.134. The van der Waals surface area contributed by atoms with E-state index in [9.17, 15) is 0 Å². The van der Waals surface area contributed by atoms with Crippen LogP contribution >= 0.6 is 0 Å². The third-order valence-electron chi connectivity index (χ3n) is 2.86. The Morgan fingerprint density at radius 2 is 2.50 bits per heavy atom. The molecule has 0 amide bonds. The van der Waals surface area contributed by atoms with E-state index >= 15 is 0 Å². The number of aromatic nitrogens is 1. The van der Waals surface area contributed by atoms with E-state index < -0.39 is 0 Å². The molecule has 0 bridgehead atoms. The highest BCUT2D eigenvalue weighted by Gasteiger charge is 2.20. The zero-order valence-electron chi connectivity index (χ0n) is 10.7. The molecule has 5 heteroatoms. The van der Waals surface area contributed by atoms with E-state index in [1.807, 2.05) is 12.3 Å². The molecular weight excluding hydrogens is 228 g/mol. The summed E-state index contributed by atoms with van der Waals surface area (Å²) in [7, 11) is 1.72. The summed E-state index contributed by atoms with van der Waals surface area (Å²) in [5.41, 5.74) is 1.15. The van der Waals surface area contributed by atoms with Crippen LogP contribution in [0.1, 0.15) is 18.0 Å². The van der Waals surface area contributed by atoms with Gasteiger partial charge in [-0.2, -0.15) is 0 Å². The van der Waals surface area contributed by atoms with Gasteiger partial charge in [0.05, 0.1) is 12.6 Å². The fourth-order valence-corrected chi connectivity index (χ4v) is 1.99. The largest absolute Gasteiger partial charge is 0.385 e. The van der Waals surface area contributed by atoms with Gasteiger partial charge in [-0.3, -0.25) is 9.98 Å². The number of hydrogen-bond acceptors (Lipinski definition) is 5.